The normalized spacial score (nSPS) is 39.0. The zero-order valence-corrected chi connectivity index (χ0v) is 14.5. The summed E-state index contributed by atoms with van der Waals surface area (Å²) in [4.78, 5) is 0. The summed E-state index contributed by atoms with van der Waals surface area (Å²) in [7, 11) is 2.17. The number of ether oxygens (including phenoxy) is 1. The molecule has 2 saturated heterocycles. The van der Waals surface area contributed by atoms with Crippen LogP contribution in [0.4, 0.5) is 0 Å². The summed E-state index contributed by atoms with van der Waals surface area (Å²) in [5.41, 5.74) is 0.258. The van der Waals surface area contributed by atoms with Crippen LogP contribution in [0.5, 0.6) is 0 Å². The Labute approximate surface area is 132 Å². The Bertz CT molecular complexity index is 320. The van der Waals surface area contributed by atoms with Crippen molar-refractivity contribution in [1.29, 1.82) is 0 Å². The van der Waals surface area contributed by atoms with Crippen molar-refractivity contribution in [1.82, 2.24) is 5.32 Å². The van der Waals surface area contributed by atoms with Gasteiger partial charge in [0.2, 0.25) is 0 Å². The molecule has 1 saturated carbocycles. The van der Waals surface area contributed by atoms with Crippen molar-refractivity contribution in [3.63, 3.8) is 0 Å². The molecule has 20 heavy (non-hydrogen) atoms. The van der Waals surface area contributed by atoms with Crippen molar-refractivity contribution < 1.29 is 4.74 Å². The van der Waals surface area contributed by atoms with E-state index in [9.17, 15) is 0 Å². The van der Waals surface area contributed by atoms with Crippen LogP contribution in [0.3, 0.4) is 0 Å². The summed E-state index contributed by atoms with van der Waals surface area (Å²) in [5, 5.41) is 5.25. The first-order valence-electron chi connectivity index (χ1n) is 8.28. The van der Waals surface area contributed by atoms with Gasteiger partial charge in [-0.25, -0.2) is 0 Å². The first-order chi connectivity index (χ1) is 9.74. The maximum absolute atomic E-state index is 6.23. The molecule has 3 aliphatic rings. The summed E-state index contributed by atoms with van der Waals surface area (Å²) < 4.78 is 6.23. The smallest absolute Gasteiger partial charge is 0.0685 e. The number of thioether (sulfide) groups is 2. The van der Waals surface area contributed by atoms with Gasteiger partial charge in [0.15, 0.2) is 0 Å². The van der Waals surface area contributed by atoms with Gasteiger partial charge in [0.25, 0.3) is 0 Å². The van der Waals surface area contributed by atoms with E-state index in [2.05, 4.69) is 42.8 Å². The van der Waals surface area contributed by atoms with E-state index in [4.69, 9.17) is 4.74 Å². The van der Waals surface area contributed by atoms with Crippen LogP contribution < -0.4 is 5.32 Å². The molecule has 2 aliphatic heterocycles. The van der Waals surface area contributed by atoms with Gasteiger partial charge in [-0.1, -0.05) is 19.8 Å². The maximum Gasteiger partial charge on any atom is 0.0685 e. The second-order valence-corrected chi connectivity index (χ2v) is 9.49. The molecule has 0 amide bonds. The molecule has 1 N–H and O–H groups in total. The van der Waals surface area contributed by atoms with E-state index in [-0.39, 0.29) is 5.60 Å². The second kappa shape index (κ2) is 6.80. The van der Waals surface area contributed by atoms with Crippen LogP contribution in [0.15, 0.2) is 0 Å². The van der Waals surface area contributed by atoms with E-state index in [0.717, 1.165) is 23.0 Å². The van der Waals surface area contributed by atoms with Crippen LogP contribution in [0, 0.1) is 5.92 Å². The Hall–Kier alpha value is 0.620. The number of rotatable bonds is 3. The molecular weight excluding hydrogens is 286 g/mol. The fourth-order valence-electron chi connectivity index (χ4n) is 4.45. The Morgan fingerprint density at radius 2 is 1.95 bits per heavy atom. The minimum Gasteiger partial charge on any atom is -0.375 e. The quantitative estimate of drug-likeness (QED) is 0.859. The summed E-state index contributed by atoms with van der Waals surface area (Å²) in [6.45, 7) is 3.41. The molecule has 116 valence electrons. The summed E-state index contributed by atoms with van der Waals surface area (Å²) in [5.74, 6) is 3.47. The number of hydrogen-bond acceptors (Lipinski definition) is 4. The lowest BCUT2D eigenvalue weighted by atomic mass is 9.79. The topological polar surface area (TPSA) is 21.3 Å². The molecule has 0 aromatic heterocycles. The van der Waals surface area contributed by atoms with Crippen molar-refractivity contribution in [2.24, 2.45) is 5.92 Å². The Kier molecular flexibility index (Phi) is 5.28. The van der Waals surface area contributed by atoms with Crippen molar-refractivity contribution in [3.05, 3.63) is 0 Å². The third kappa shape index (κ3) is 3.18. The van der Waals surface area contributed by atoms with E-state index >= 15 is 0 Å². The third-order valence-corrected chi connectivity index (χ3v) is 8.69. The van der Waals surface area contributed by atoms with Gasteiger partial charge < -0.3 is 10.1 Å². The fourth-order valence-corrected chi connectivity index (χ4v) is 7.53. The molecule has 3 fully saturated rings. The SMILES string of the molecule is CNC(C1CCOC2(CCCC2)C1)C1SCCSC1C. The van der Waals surface area contributed by atoms with Crippen molar-refractivity contribution in [2.45, 2.75) is 67.6 Å². The third-order valence-electron chi connectivity index (χ3n) is 5.48. The minimum atomic E-state index is 0.258. The van der Waals surface area contributed by atoms with Gasteiger partial charge in [0.05, 0.1) is 5.60 Å². The molecule has 0 bridgehead atoms. The van der Waals surface area contributed by atoms with E-state index < -0.39 is 0 Å². The summed E-state index contributed by atoms with van der Waals surface area (Å²) in [6, 6.07) is 0.671. The Balaban J connectivity index is 1.68. The molecule has 4 unspecified atom stereocenters. The highest BCUT2D eigenvalue weighted by molar-refractivity contribution is 8.07. The Morgan fingerprint density at radius 1 is 1.20 bits per heavy atom. The van der Waals surface area contributed by atoms with E-state index in [0.29, 0.717) is 6.04 Å². The second-order valence-electron chi connectivity index (χ2n) is 6.72. The van der Waals surface area contributed by atoms with Gasteiger partial charge in [-0.3, -0.25) is 0 Å². The van der Waals surface area contributed by atoms with E-state index in [1.54, 1.807) is 0 Å². The zero-order chi connectivity index (χ0) is 14.0. The van der Waals surface area contributed by atoms with Gasteiger partial charge in [0.1, 0.15) is 0 Å². The molecular formula is C16H29NOS2. The molecule has 4 atom stereocenters. The largest absolute Gasteiger partial charge is 0.375 e. The highest BCUT2D eigenvalue weighted by Gasteiger charge is 2.44. The monoisotopic (exact) mass is 315 g/mol. The van der Waals surface area contributed by atoms with Crippen molar-refractivity contribution in [3.8, 4) is 0 Å². The van der Waals surface area contributed by atoms with Gasteiger partial charge in [-0.15, -0.1) is 0 Å². The van der Waals surface area contributed by atoms with Crippen molar-refractivity contribution in [2.75, 3.05) is 25.2 Å². The molecule has 0 aromatic carbocycles. The Morgan fingerprint density at radius 3 is 2.65 bits per heavy atom. The standard InChI is InChI=1S/C16H29NOS2/c1-12-15(20-10-9-19-12)14(17-2)13-5-8-18-16(11-13)6-3-4-7-16/h12-15,17H,3-11H2,1-2H3. The molecule has 4 heteroatoms. The molecule has 2 nitrogen and oxygen atoms in total. The number of nitrogens with one attached hydrogen (secondary N) is 1. The molecule has 3 rings (SSSR count). The highest BCUT2D eigenvalue weighted by atomic mass is 32.2. The van der Waals surface area contributed by atoms with Crippen LogP contribution in [0.25, 0.3) is 0 Å². The van der Waals surface area contributed by atoms with E-state index in [1.165, 1.54) is 50.0 Å². The predicted octanol–water partition coefficient (Wildman–Crippen LogP) is 3.55. The molecule has 0 aromatic rings. The lowest BCUT2D eigenvalue weighted by Gasteiger charge is -2.45. The zero-order valence-electron chi connectivity index (χ0n) is 12.9. The molecule has 1 aliphatic carbocycles. The first kappa shape index (κ1) is 15.5. The maximum atomic E-state index is 6.23. The average molecular weight is 316 g/mol. The van der Waals surface area contributed by atoms with Crippen LogP contribution in [0.1, 0.15) is 45.4 Å². The van der Waals surface area contributed by atoms with Crippen molar-refractivity contribution >= 4 is 23.5 Å². The van der Waals surface area contributed by atoms with Crippen LogP contribution in [0.2, 0.25) is 0 Å². The molecule has 1 spiro atoms. The average Bonchev–Trinajstić information content (AvgIpc) is 2.90. The first-order valence-corrected chi connectivity index (χ1v) is 10.4. The van der Waals surface area contributed by atoms with Crippen LogP contribution >= 0.6 is 23.5 Å². The van der Waals surface area contributed by atoms with Gasteiger partial charge >= 0.3 is 0 Å². The molecule has 0 radical (unpaired) electrons. The fraction of sp³-hybridized carbons (Fsp3) is 1.00. The van der Waals surface area contributed by atoms with Gasteiger partial charge in [-0.05, 0) is 38.6 Å². The highest BCUT2D eigenvalue weighted by Crippen LogP contribution is 2.45. The van der Waals surface area contributed by atoms with Gasteiger partial charge in [0, 0.05) is 34.7 Å². The van der Waals surface area contributed by atoms with Crippen LogP contribution in [-0.4, -0.2) is 47.3 Å². The summed E-state index contributed by atoms with van der Waals surface area (Å²) in [6.07, 6.45) is 7.92. The summed E-state index contributed by atoms with van der Waals surface area (Å²) >= 11 is 4.37. The lowest BCUT2D eigenvalue weighted by Crippen LogP contribution is -2.52. The van der Waals surface area contributed by atoms with Gasteiger partial charge in [-0.2, -0.15) is 23.5 Å². The van der Waals surface area contributed by atoms with E-state index in [1.807, 2.05) is 0 Å². The lowest BCUT2D eigenvalue weighted by molar-refractivity contribution is -0.0975. The predicted molar refractivity (Wildman–Crippen MR) is 90.9 cm³/mol. The minimum absolute atomic E-state index is 0.258. The van der Waals surface area contributed by atoms with Crippen LogP contribution in [-0.2, 0) is 4.74 Å². The number of hydrogen-bond donors (Lipinski definition) is 1. The molecule has 2 heterocycles.